The van der Waals surface area contributed by atoms with Crippen LogP contribution >= 0.6 is 0 Å². The number of nitrogens with two attached hydrogens (primary N) is 1. The largest absolute Gasteiger partial charge is 0.508 e. The average molecular weight is 267 g/mol. The Labute approximate surface area is 113 Å². The molecule has 19 heavy (non-hydrogen) atoms. The molecule has 0 saturated heterocycles. The number of aliphatic hydroxyl groups excluding tert-OH is 1. The van der Waals surface area contributed by atoms with Crippen molar-refractivity contribution in [2.24, 2.45) is 11.7 Å². The highest BCUT2D eigenvalue weighted by molar-refractivity contribution is 5.52. The number of aliphatic hydroxyl groups is 1. The molecule has 4 N–H and O–H groups in total. The van der Waals surface area contributed by atoms with E-state index in [1.807, 2.05) is 0 Å². The first-order chi connectivity index (χ1) is 9.08. The molecule has 0 aliphatic heterocycles. The molecule has 2 atom stereocenters. The Hall–Kier alpha value is -1.46. The Bertz CT molecular complexity index is 420. The van der Waals surface area contributed by atoms with E-state index < -0.39 is 12.1 Å². The number of benzene rings is 1. The Morgan fingerprint density at radius 2 is 1.74 bits per heavy atom. The predicted octanol–water partition coefficient (Wildman–Crippen LogP) is 1.57. The molecule has 0 amide bonds. The molecule has 0 spiro atoms. The molecule has 5 heteroatoms. The minimum absolute atomic E-state index is 0.0442. The van der Waals surface area contributed by atoms with Crippen LogP contribution in [0.4, 0.5) is 0 Å². The van der Waals surface area contributed by atoms with Crippen molar-refractivity contribution in [3.05, 3.63) is 17.7 Å². The van der Waals surface area contributed by atoms with Gasteiger partial charge >= 0.3 is 0 Å². The third kappa shape index (κ3) is 2.62. The molecule has 1 aromatic carbocycles. The van der Waals surface area contributed by atoms with E-state index in [9.17, 15) is 10.2 Å². The maximum absolute atomic E-state index is 10.3. The normalized spacial score (nSPS) is 18.5. The number of aromatic hydroxyl groups is 1. The van der Waals surface area contributed by atoms with E-state index in [0.717, 1.165) is 19.3 Å². The summed E-state index contributed by atoms with van der Waals surface area (Å²) in [4.78, 5) is 0. The Morgan fingerprint density at radius 3 is 2.11 bits per heavy atom. The molecule has 5 nitrogen and oxygen atoms in total. The number of methoxy groups -OCH3 is 2. The van der Waals surface area contributed by atoms with Crippen LogP contribution in [0.25, 0.3) is 0 Å². The molecule has 0 heterocycles. The highest BCUT2D eigenvalue weighted by Crippen LogP contribution is 2.42. The van der Waals surface area contributed by atoms with Crippen molar-refractivity contribution in [3.63, 3.8) is 0 Å². The molecule has 0 unspecified atom stereocenters. The molecule has 1 aromatic rings. The van der Waals surface area contributed by atoms with Crippen molar-refractivity contribution in [1.29, 1.82) is 0 Å². The molecule has 106 valence electrons. The zero-order chi connectivity index (χ0) is 14.0. The average Bonchev–Trinajstić information content (AvgIpc) is 2.34. The minimum Gasteiger partial charge on any atom is -0.508 e. The molecule has 0 bridgehead atoms. The van der Waals surface area contributed by atoms with Crippen LogP contribution in [0, 0.1) is 5.92 Å². The molecular formula is C14H21NO4. The van der Waals surface area contributed by atoms with Crippen molar-refractivity contribution in [1.82, 2.24) is 0 Å². The number of hydrogen-bond donors (Lipinski definition) is 3. The SMILES string of the molecule is COc1cc(O)cc(OC)c1[C@H](N)[C@H](O)C1CCC1. The molecule has 1 fully saturated rings. The second-order valence-corrected chi connectivity index (χ2v) is 4.97. The zero-order valence-electron chi connectivity index (χ0n) is 11.3. The van der Waals surface area contributed by atoms with Crippen LogP contribution in [0.2, 0.25) is 0 Å². The van der Waals surface area contributed by atoms with E-state index in [-0.39, 0.29) is 11.7 Å². The number of hydrogen-bond acceptors (Lipinski definition) is 5. The Kier molecular flexibility index (Phi) is 4.17. The summed E-state index contributed by atoms with van der Waals surface area (Å²) in [7, 11) is 3.00. The van der Waals surface area contributed by atoms with Gasteiger partial charge < -0.3 is 25.4 Å². The second-order valence-electron chi connectivity index (χ2n) is 4.97. The summed E-state index contributed by atoms with van der Waals surface area (Å²) < 4.78 is 10.5. The van der Waals surface area contributed by atoms with Gasteiger partial charge in [-0.05, 0) is 18.8 Å². The smallest absolute Gasteiger partial charge is 0.131 e. The van der Waals surface area contributed by atoms with E-state index >= 15 is 0 Å². The maximum atomic E-state index is 10.3. The minimum atomic E-state index is -0.624. The van der Waals surface area contributed by atoms with Crippen LogP contribution in [-0.4, -0.2) is 30.5 Å². The first kappa shape index (κ1) is 14.0. The van der Waals surface area contributed by atoms with Crippen molar-refractivity contribution in [3.8, 4) is 17.2 Å². The fourth-order valence-electron chi connectivity index (χ4n) is 2.50. The van der Waals surface area contributed by atoms with Crippen LogP contribution in [0.1, 0.15) is 30.9 Å². The number of phenols is 1. The molecule has 1 aliphatic rings. The van der Waals surface area contributed by atoms with Gasteiger partial charge in [-0.2, -0.15) is 0 Å². The predicted molar refractivity (Wildman–Crippen MR) is 71.5 cm³/mol. The third-order valence-corrected chi connectivity index (χ3v) is 3.86. The molecule has 0 radical (unpaired) electrons. The van der Waals surface area contributed by atoms with Crippen LogP contribution in [-0.2, 0) is 0 Å². The van der Waals surface area contributed by atoms with Gasteiger partial charge in [0.2, 0.25) is 0 Å². The van der Waals surface area contributed by atoms with Gasteiger partial charge in [0.25, 0.3) is 0 Å². The number of phenolic OH excluding ortho intramolecular Hbond substituents is 1. The van der Waals surface area contributed by atoms with Gasteiger partial charge in [0, 0.05) is 12.1 Å². The van der Waals surface area contributed by atoms with Crippen molar-refractivity contribution in [2.45, 2.75) is 31.4 Å². The zero-order valence-corrected chi connectivity index (χ0v) is 11.3. The third-order valence-electron chi connectivity index (χ3n) is 3.86. The van der Waals surface area contributed by atoms with Gasteiger partial charge in [-0.1, -0.05) is 6.42 Å². The molecule has 1 saturated carbocycles. The fourth-order valence-corrected chi connectivity index (χ4v) is 2.50. The summed E-state index contributed by atoms with van der Waals surface area (Å²) >= 11 is 0. The monoisotopic (exact) mass is 267 g/mol. The molecule has 2 rings (SSSR count). The first-order valence-corrected chi connectivity index (χ1v) is 6.47. The van der Waals surface area contributed by atoms with Gasteiger partial charge in [0.1, 0.15) is 17.2 Å². The highest BCUT2D eigenvalue weighted by Gasteiger charge is 2.33. The first-order valence-electron chi connectivity index (χ1n) is 6.47. The van der Waals surface area contributed by atoms with E-state index in [0.29, 0.717) is 17.1 Å². The molecule has 1 aliphatic carbocycles. The highest BCUT2D eigenvalue weighted by atomic mass is 16.5. The summed E-state index contributed by atoms with van der Waals surface area (Å²) in [6, 6.07) is 2.37. The van der Waals surface area contributed by atoms with Crippen molar-refractivity contribution >= 4 is 0 Å². The number of rotatable bonds is 5. The van der Waals surface area contributed by atoms with Crippen LogP contribution in [0.5, 0.6) is 17.2 Å². The molecular weight excluding hydrogens is 246 g/mol. The lowest BCUT2D eigenvalue weighted by atomic mass is 9.77. The second kappa shape index (κ2) is 5.67. The summed E-state index contributed by atoms with van der Waals surface area (Å²) in [5.41, 5.74) is 6.76. The topological polar surface area (TPSA) is 84.9 Å². The van der Waals surface area contributed by atoms with Crippen molar-refractivity contribution in [2.75, 3.05) is 14.2 Å². The Balaban J connectivity index is 2.35. The van der Waals surface area contributed by atoms with Gasteiger partial charge in [-0.25, -0.2) is 0 Å². The van der Waals surface area contributed by atoms with Crippen LogP contribution < -0.4 is 15.2 Å². The summed E-state index contributed by atoms with van der Waals surface area (Å²) in [5, 5.41) is 19.9. The van der Waals surface area contributed by atoms with E-state index in [2.05, 4.69) is 0 Å². The summed E-state index contributed by atoms with van der Waals surface area (Å²) in [6.07, 6.45) is 2.51. The van der Waals surface area contributed by atoms with Gasteiger partial charge in [-0.3, -0.25) is 0 Å². The lowest BCUT2D eigenvalue weighted by Gasteiger charge is -2.34. The van der Waals surface area contributed by atoms with Gasteiger partial charge in [-0.15, -0.1) is 0 Å². The van der Waals surface area contributed by atoms with Crippen molar-refractivity contribution < 1.29 is 19.7 Å². The standard InChI is InChI=1S/C14H21NO4/c1-18-10-6-9(16)7-11(19-2)12(10)13(15)14(17)8-4-3-5-8/h6-8,13-14,16-17H,3-5,15H2,1-2H3/t13-,14+/m0/s1. The van der Waals surface area contributed by atoms with Crippen LogP contribution in [0.3, 0.4) is 0 Å². The van der Waals surface area contributed by atoms with E-state index in [1.165, 1.54) is 26.4 Å². The number of ether oxygens (including phenoxy) is 2. The van der Waals surface area contributed by atoms with E-state index in [4.69, 9.17) is 15.2 Å². The van der Waals surface area contributed by atoms with Gasteiger partial charge in [0.15, 0.2) is 0 Å². The van der Waals surface area contributed by atoms with E-state index in [1.54, 1.807) is 0 Å². The lowest BCUT2D eigenvalue weighted by molar-refractivity contribution is 0.0401. The summed E-state index contributed by atoms with van der Waals surface area (Å²) in [6.45, 7) is 0. The quantitative estimate of drug-likeness (QED) is 0.754. The summed E-state index contributed by atoms with van der Waals surface area (Å²) in [5.74, 6) is 1.14. The Morgan fingerprint density at radius 1 is 1.21 bits per heavy atom. The maximum Gasteiger partial charge on any atom is 0.131 e. The lowest BCUT2D eigenvalue weighted by Crippen LogP contribution is -2.36. The van der Waals surface area contributed by atoms with Gasteiger partial charge in [0.05, 0.1) is 31.9 Å². The van der Waals surface area contributed by atoms with Crippen LogP contribution in [0.15, 0.2) is 12.1 Å². The fraction of sp³-hybridized carbons (Fsp3) is 0.571. The molecule has 0 aromatic heterocycles.